The van der Waals surface area contributed by atoms with Crippen molar-refractivity contribution < 1.29 is 8.83 Å². The van der Waals surface area contributed by atoms with E-state index in [0.717, 1.165) is 83.7 Å². The summed E-state index contributed by atoms with van der Waals surface area (Å²) < 4.78 is 13.9. The van der Waals surface area contributed by atoms with E-state index in [4.69, 9.17) is 8.83 Å². The zero-order valence-corrected chi connectivity index (χ0v) is 33.2. The zero-order chi connectivity index (χ0) is 38.7. The Bertz CT molecular complexity index is 3060. The van der Waals surface area contributed by atoms with E-state index in [1.165, 1.54) is 66.8 Å². The molecule has 2 heterocycles. The molecule has 0 saturated heterocycles. The number of fused-ring (bicyclic) bond motifs is 9. The van der Waals surface area contributed by atoms with E-state index in [0.29, 0.717) is 0 Å². The third-order valence-electron chi connectivity index (χ3n) is 12.5. The molecule has 0 spiro atoms. The summed E-state index contributed by atoms with van der Waals surface area (Å²) in [5, 5.41) is 4.58. The summed E-state index contributed by atoms with van der Waals surface area (Å²) in [6.45, 7) is 13.2. The standard InChI is InChI=1S/C55H42O2/c1-30-23-32(3)50(33(4)24-30)46-17-9-15-44-42-13-7-11-40(52(42)56-54(44)46)38-21-19-36-27-37-20-22-39(29-49(37)48(36)28-38)41-12-8-14-43-45-16-10-18-47(55(45)57-53(41)43)51-34(5)25-31(2)26-35(51)6/h7-26,28-29H,27H2,1-6H3. The fraction of sp³-hybridized carbons (Fsp3) is 0.127. The molecule has 1 aliphatic carbocycles. The number of aryl methyl sites for hydroxylation is 6. The van der Waals surface area contributed by atoms with Crippen molar-refractivity contribution in [2.24, 2.45) is 0 Å². The first-order valence-electron chi connectivity index (χ1n) is 20.0. The summed E-state index contributed by atoms with van der Waals surface area (Å²) in [5.74, 6) is 0. The highest BCUT2D eigenvalue weighted by atomic mass is 16.3. The summed E-state index contributed by atoms with van der Waals surface area (Å²) in [7, 11) is 0. The van der Waals surface area contributed by atoms with Gasteiger partial charge >= 0.3 is 0 Å². The average molecular weight is 735 g/mol. The number of rotatable bonds is 4. The molecule has 0 atom stereocenters. The van der Waals surface area contributed by atoms with Crippen LogP contribution in [0.15, 0.2) is 142 Å². The highest BCUT2D eigenvalue weighted by Gasteiger charge is 2.24. The monoisotopic (exact) mass is 734 g/mol. The van der Waals surface area contributed by atoms with E-state index in [9.17, 15) is 0 Å². The van der Waals surface area contributed by atoms with Crippen molar-refractivity contribution in [1.82, 2.24) is 0 Å². The second-order valence-electron chi connectivity index (χ2n) is 16.4. The molecular weight excluding hydrogens is 693 g/mol. The van der Waals surface area contributed by atoms with Gasteiger partial charge in [0.25, 0.3) is 0 Å². The Balaban J connectivity index is 1.03. The average Bonchev–Trinajstić information content (AvgIpc) is 3.89. The van der Waals surface area contributed by atoms with Crippen LogP contribution >= 0.6 is 0 Å². The minimum atomic E-state index is 0.923. The number of hydrogen-bond acceptors (Lipinski definition) is 2. The Morgan fingerprint density at radius 3 is 1.04 bits per heavy atom. The molecule has 0 fully saturated rings. The molecule has 1 aliphatic rings. The smallest absolute Gasteiger partial charge is 0.143 e. The van der Waals surface area contributed by atoms with Gasteiger partial charge in [0.1, 0.15) is 22.3 Å². The SMILES string of the molecule is Cc1cc(C)c(-c2cccc3c2oc2c(-c4ccc5c(c4)-c4cc(-c6cccc7c6oc6c(-c8c(C)cc(C)cc8C)cccc67)ccc4C5)cccc23)c(C)c1. The van der Waals surface area contributed by atoms with Crippen LogP contribution in [0.1, 0.15) is 44.5 Å². The van der Waals surface area contributed by atoms with E-state index in [1.54, 1.807) is 0 Å². The number of benzene rings is 8. The van der Waals surface area contributed by atoms with Gasteiger partial charge in [-0.2, -0.15) is 0 Å². The van der Waals surface area contributed by atoms with Crippen molar-refractivity contribution >= 4 is 43.9 Å². The minimum absolute atomic E-state index is 0.923. The first-order valence-corrected chi connectivity index (χ1v) is 20.0. The van der Waals surface area contributed by atoms with Gasteiger partial charge in [-0.3, -0.25) is 0 Å². The first-order chi connectivity index (χ1) is 27.7. The maximum absolute atomic E-state index is 6.94. The van der Waals surface area contributed by atoms with Gasteiger partial charge in [0.15, 0.2) is 0 Å². The Hall–Kier alpha value is -6.64. The maximum Gasteiger partial charge on any atom is 0.143 e. The zero-order valence-electron chi connectivity index (χ0n) is 33.2. The molecule has 57 heavy (non-hydrogen) atoms. The Labute approximate surface area is 333 Å². The first kappa shape index (κ1) is 33.7. The topological polar surface area (TPSA) is 26.3 Å². The number of para-hydroxylation sites is 4. The number of hydrogen-bond donors (Lipinski definition) is 0. The van der Waals surface area contributed by atoms with Crippen LogP contribution in [0.5, 0.6) is 0 Å². The predicted molar refractivity (Wildman–Crippen MR) is 239 cm³/mol. The molecule has 11 rings (SSSR count). The van der Waals surface area contributed by atoms with Gasteiger partial charge in [-0.1, -0.05) is 132 Å². The molecule has 0 bridgehead atoms. The lowest BCUT2D eigenvalue weighted by molar-refractivity contribution is 0.670. The second-order valence-corrected chi connectivity index (χ2v) is 16.4. The van der Waals surface area contributed by atoms with E-state index < -0.39 is 0 Å². The molecule has 0 saturated carbocycles. The normalized spacial score (nSPS) is 12.3. The maximum atomic E-state index is 6.94. The fourth-order valence-electron chi connectivity index (χ4n) is 10.2. The van der Waals surface area contributed by atoms with Crippen molar-refractivity contribution in [3.63, 3.8) is 0 Å². The Morgan fingerprint density at radius 1 is 0.333 bits per heavy atom. The lowest BCUT2D eigenvalue weighted by Crippen LogP contribution is -1.90. The molecule has 0 unspecified atom stereocenters. The third-order valence-corrected chi connectivity index (χ3v) is 12.5. The van der Waals surface area contributed by atoms with Crippen molar-refractivity contribution in [3.8, 4) is 55.6 Å². The molecular formula is C55H42O2. The summed E-state index contributed by atoms with van der Waals surface area (Å²) in [5.41, 5.74) is 26.0. The van der Waals surface area contributed by atoms with Gasteiger partial charge in [-0.05, 0) is 127 Å². The summed E-state index contributed by atoms with van der Waals surface area (Å²) in [6.07, 6.45) is 0.923. The molecule has 274 valence electrons. The van der Waals surface area contributed by atoms with Crippen LogP contribution in [0, 0.1) is 41.5 Å². The third kappa shape index (κ3) is 5.10. The molecule has 2 heteroatoms. The largest absolute Gasteiger partial charge is 0.455 e. The molecule has 0 amide bonds. The van der Waals surface area contributed by atoms with Gasteiger partial charge in [0.05, 0.1) is 0 Å². The molecule has 2 nitrogen and oxygen atoms in total. The summed E-state index contributed by atoms with van der Waals surface area (Å²) in [6, 6.07) is 49.3. The van der Waals surface area contributed by atoms with Crippen molar-refractivity contribution in [2.45, 2.75) is 48.0 Å². The van der Waals surface area contributed by atoms with E-state index in [2.05, 4.69) is 175 Å². The minimum Gasteiger partial charge on any atom is -0.455 e. The van der Waals surface area contributed by atoms with E-state index in [-0.39, 0.29) is 0 Å². The van der Waals surface area contributed by atoms with Crippen LogP contribution in [0.25, 0.3) is 99.5 Å². The predicted octanol–water partition coefficient (Wildman–Crippen LogP) is 15.6. The van der Waals surface area contributed by atoms with Crippen LogP contribution < -0.4 is 0 Å². The molecule has 8 aromatic carbocycles. The van der Waals surface area contributed by atoms with Crippen LogP contribution in [-0.4, -0.2) is 0 Å². The molecule has 0 N–H and O–H groups in total. The van der Waals surface area contributed by atoms with E-state index >= 15 is 0 Å². The molecule has 0 radical (unpaired) electrons. The molecule has 10 aromatic rings. The fourth-order valence-corrected chi connectivity index (χ4v) is 10.2. The summed E-state index contributed by atoms with van der Waals surface area (Å²) in [4.78, 5) is 0. The second kappa shape index (κ2) is 12.4. The lowest BCUT2D eigenvalue weighted by atomic mass is 9.92. The summed E-state index contributed by atoms with van der Waals surface area (Å²) >= 11 is 0. The Kier molecular flexibility index (Phi) is 7.35. The van der Waals surface area contributed by atoms with Crippen molar-refractivity contribution in [2.75, 3.05) is 0 Å². The van der Waals surface area contributed by atoms with Gasteiger partial charge in [0, 0.05) is 43.8 Å². The van der Waals surface area contributed by atoms with Crippen molar-refractivity contribution in [1.29, 1.82) is 0 Å². The van der Waals surface area contributed by atoms with Gasteiger partial charge in [0.2, 0.25) is 0 Å². The van der Waals surface area contributed by atoms with E-state index in [1.807, 2.05) is 0 Å². The lowest BCUT2D eigenvalue weighted by Gasteiger charge is -2.12. The van der Waals surface area contributed by atoms with Crippen LogP contribution in [0.2, 0.25) is 0 Å². The molecule has 2 aromatic heterocycles. The van der Waals surface area contributed by atoms with Gasteiger partial charge < -0.3 is 8.83 Å². The highest BCUT2D eigenvalue weighted by Crippen LogP contribution is 2.46. The van der Waals surface area contributed by atoms with Gasteiger partial charge in [-0.25, -0.2) is 0 Å². The van der Waals surface area contributed by atoms with Crippen LogP contribution in [0.4, 0.5) is 0 Å². The van der Waals surface area contributed by atoms with Gasteiger partial charge in [-0.15, -0.1) is 0 Å². The molecule has 0 aliphatic heterocycles. The van der Waals surface area contributed by atoms with Crippen LogP contribution in [-0.2, 0) is 6.42 Å². The highest BCUT2D eigenvalue weighted by molar-refractivity contribution is 6.15. The number of furan rings is 2. The van der Waals surface area contributed by atoms with Crippen LogP contribution in [0.3, 0.4) is 0 Å². The Morgan fingerprint density at radius 2 is 0.667 bits per heavy atom. The van der Waals surface area contributed by atoms with Crippen molar-refractivity contribution in [3.05, 3.63) is 178 Å². The quantitative estimate of drug-likeness (QED) is 0.180.